The highest BCUT2D eigenvalue weighted by atomic mass is 16.5. The van der Waals surface area contributed by atoms with Crippen LogP contribution in [0.25, 0.3) is 0 Å². The molecule has 0 aromatic heterocycles. The van der Waals surface area contributed by atoms with Crippen LogP contribution in [0.1, 0.15) is 78.6 Å². The molecule has 20 heavy (non-hydrogen) atoms. The van der Waals surface area contributed by atoms with Crippen molar-refractivity contribution in [2.24, 2.45) is 11.3 Å². The minimum atomic E-state index is 0.380. The van der Waals surface area contributed by atoms with Crippen LogP contribution in [0.4, 0.5) is 0 Å². The molecule has 0 heterocycles. The van der Waals surface area contributed by atoms with Gasteiger partial charge in [-0.2, -0.15) is 0 Å². The lowest BCUT2D eigenvalue weighted by Gasteiger charge is -2.44. The summed E-state index contributed by atoms with van der Waals surface area (Å²) in [6.07, 6.45) is 12.6. The zero-order valence-electron chi connectivity index (χ0n) is 13.9. The van der Waals surface area contributed by atoms with E-state index in [0.717, 1.165) is 19.1 Å². The molecular formula is C18H35NO. The predicted molar refractivity (Wildman–Crippen MR) is 86.0 cm³/mol. The molecule has 2 nitrogen and oxygen atoms in total. The maximum absolute atomic E-state index is 6.41. The van der Waals surface area contributed by atoms with Gasteiger partial charge in [0.15, 0.2) is 0 Å². The summed E-state index contributed by atoms with van der Waals surface area (Å²) < 4.78 is 6.41. The van der Waals surface area contributed by atoms with Crippen LogP contribution in [0.2, 0.25) is 0 Å². The van der Waals surface area contributed by atoms with Crippen molar-refractivity contribution in [3.8, 4) is 0 Å². The third-order valence-corrected chi connectivity index (χ3v) is 5.41. The van der Waals surface area contributed by atoms with Gasteiger partial charge in [0, 0.05) is 12.6 Å². The Hall–Kier alpha value is -0.0800. The van der Waals surface area contributed by atoms with Gasteiger partial charge in [-0.1, -0.05) is 46.5 Å². The van der Waals surface area contributed by atoms with Gasteiger partial charge in [-0.25, -0.2) is 0 Å². The van der Waals surface area contributed by atoms with Crippen molar-refractivity contribution in [2.45, 2.75) is 90.7 Å². The van der Waals surface area contributed by atoms with Crippen LogP contribution < -0.4 is 5.32 Å². The summed E-state index contributed by atoms with van der Waals surface area (Å²) in [5.74, 6) is 0.834. The number of ether oxygens (including phenoxy) is 1. The Bertz CT molecular complexity index is 271. The van der Waals surface area contributed by atoms with Crippen molar-refractivity contribution < 1.29 is 4.74 Å². The van der Waals surface area contributed by atoms with Crippen molar-refractivity contribution in [3.63, 3.8) is 0 Å². The Labute approximate surface area is 126 Å². The minimum Gasteiger partial charge on any atom is -0.376 e. The van der Waals surface area contributed by atoms with Crippen LogP contribution in [0.5, 0.6) is 0 Å². The molecule has 0 radical (unpaired) electrons. The number of rotatable bonds is 6. The highest BCUT2D eigenvalue weighted by molar-refractivity contribution is 4.94. The average molecular weight is 281 g/mol. The fourth-order valence-electron chi connectivity index (χ4n) is 4.08. The standard InChI is InChI=1S/C18H35NO/c1-4-13-19-17-16(11-8-12-18(17,2)3)20-14-15-9-6-5-7-10-15/h15-17,19H,4-14H2,1-3H3. The van der Waals surface area contributed by atoms with Gasteiger partial charge in [0.25, 0.3) is 0 Å². The van der Waals surface area contributed by atoms with Gasteiger partial charge in [-0.15, -0.1) is 0 Å². The molecule has 2 aliphatic rings. The largest absolute Gasteiger partial charge is 0.376 e. The second-order valence-electron chi connectivity index (χ2n) is 7.69. The Morgan fingerprint density at radius 2 is 1.80 bits per heavy atom. The normalized spacial score (nSPS) is 31.4. The van der Waals surface area contributed by atoms with Crippen LogP contribution >= 0.6 is 0 Å². The van der Waals surface area contributed by atoms with Crippen molar-refractivity contribution in [1.82, 2.24) is 5.32 Å². The maximum atomic E-state index is 6.41. The lowest BCUT2D eigenvalue weighted by molar-refractivity contribution is -0.0528. The second kappa shape index (κ2) is 7.79. The molecular weight excluding hydrogens is 246 g/mol. The topological polar surface area (TPSA) is 21.3 Å². The first-order valence-electron chi connectivity index (χ1n) is 8.98. The third kappa shape index (κ3) is 4.46. The summed E-state index contributed by atoms with van der Waals surface area (Å²) in [6.45, 7) is 9.20. The number of hydrogen-bond acceptors (Lipinski definition) is 2. The van der Waals surface area contributed by atoms with Gasteiger partial charge in [0.05, 0.1) is 6.10 Å². The van der Waals surface area contributed by atoms with E-state index in [9.17, 15) is 0 Å². The Morgan fingerprint density at radius 1 is 1.05 bits per heavy atom. The highest BCUT2D eigenvalue weighted by Crippen LogP contribution is 2.37. The average Bonchev–Trinajstić information content (AvgIpc) is 2.44. The SMILES string of the molecule is CCCNC1C(OCC2CCCCC2)CCCC1(C)C. The van der Waals surface area contributed by atoms with Crippen molar-refractivity contribution in [2.75, 3.05) is 13.2 Å². The first-order valence-corrected chi connectivity index (χ1v) is 8.98. The zero-order valence-corrected chi connectivity index (χ0v) is 13.9. The molecule has 0 aliphatic heterocycles. The van der Waals surface area contributed by atoms with Crippen molar-refractivity contribution in [1.29, 1.82) is 0 Å². The van der Waals surface area contributed by atoms with E-state index in [4.69, 9.17) is 4.74 Å². The van der Waals surface area contributed by atoms with Gasteiger partial charge < -0.3 is 10.1 Å². The number of hydrogen-bond donors (Lipinski definition) is 1. The Balaban J connectivity index is 1.85. The Morgan fingerprint density at radius 3 is 2.50 bits per heavy atom. The molecule has 0 aromatic rings. The highest BCUT2D eigenvalue weighted by Gasteiger charge is 2.39. The van der Waals surface area contributed by atoms with E-state index in [1.807, 2.05) is 0 Å². The van der Waals surface area contributed by atoms with Gasteiger partial charge >= 0.3 is 0 Å². The molecule has 0 saturated heterocycles. The van der Waals surface area contributed by atoms with Gasteiger partial charge in [0.2, 0.25) is 0 Å². The quantitative estimate of drug-likeness (QED) is 0.772. The molecule has 0 bridgehead atoms. The van der Waals surface area contributed by atoms with Gasteiger partial charge in [-0.05, 0) is 50.0 Å². The molecule has 2 rings (SSSR count). The second-order valence-corrected chi connectivity index (χ2v) is 7.69. The molecule has 0 amide bonds. The fourth-order valence-corrected chi connectivity index (χ4v) is 4.08. The van der Waals surface area contributed by atoms with E-state index in [0.29, 0.717) is 17.6 Å². The molecule has 118 valence electrons. The molecule has 2 saturated carbocycles. The van der Waals surface area contributed by atoms with Crippen LogP contribution in [-0.4, -0.2) is 25.3 Å². The van der Waals surface area contributed by atoms with Crippen LogP contribution in [-0.2, 0) is 4.74 Å². The third-order valence-electron chi connectivity index (χ3n) is 5.41. The minimum absolute atomic E-state index is 0.380. The molecule has 0 spiro atoms. The molecule has 1 N–H and O–H groups in total. The van der Waals surface area contributed by atoms with E-state index in [-0.39, 0.29) is 0 Å². The molecule has 2 fully saturated rings. The monoisotopic (exact) mass is 281 g/mol. The van der Waals surface area contributed by atoms with Crippen LogP contribution in [0.3, 0.4) is 0 Å². The maximum Gasteiger partial charge on any atom is 0.0733 e. The predicted octanol–water partition coefficient (Wildman–Crippen LogP) is 4.53. The summed E-state index contributed by atoms with van der Waals surface area (Å²) in [7, 11) is 0. The number of nitrogens with one attached hydrogen (secondary N) is 1. The van der Waals surface area contributed by atoms with Crippen LogP contribution in [0.15, 0.2) is 0 Å². The van der Waals surface area contributed by atoms with E-state index >= 15 is 0 Å². The lowest BCUT2D eigenvalue weighted by Crippen LogP contribution is -2.54. The fraction of sp³-hybridized carbons (Fsp3) is 1.00. The summed E-state index contributed by atoms with van der Waals surface area (Å²) in [6, 6.07) is 0.541. The van der Waals surface area contributed by atoms with Crippen molar-refractivity contribution in [3.05, 3.63) is 0 Å². The van der Waals surface area contributed by atoms with E-state index < -0.39 is 0 Å². The van der Waals surface area contributed by atoms with E-state index in [2.05, 4.69) is 26.1 Å². The summed E-state index contributed by atoms with van der Waals surface area (Å²) in [4.78, 5) is 0. The molecule has 0 aromatic carbocycles. The smallest absolute Gasteiger partial charge is 0.0733 e. The molecule has 2 aliphatic carbocycles. The summed E-state index contributed by atoms with van der Waals surface area (Å²) >= 11 is 0. The molecule has 2 atom stereocenters. The summed E-state index contributed by atoms with van der Waals surface area (Å²) in [5, 5.41) is 3.77. The first kappa shape index (κ1) is 16.3. The molecule has 2 unspecified atom stereocenters. The zero-order chi connectivity index (χ0) is 14.4. The summed E-state index contributed by atoms with van der Waals surface area (Å²) in [5.41, 5.74) is 0.380. The first-order chi connectivity index (χ1) is 9.63. The Kier molecular flexibility index (Phi) is 6.35. The van der Waals surface area contributed by atoms with Crippen LogP contribution in [0, 0.1) is 11.3 Å². The van der Waals surface area contributed by atoms with Crippen molar-refractivity contribution >= 4 is 0 Å². The van der Waals surface area contributed by atoms with Gasteiger partial charge in [0.1, 0.15) is 0 Å². The van der Waals surface area contributed by atoms with E-state index in [1.54, 1.807) is 0 Å². The van der Waals surface area contributed by atoms with Gasteiger partial charge in [-0.3, -0.25) is 0 Å². The lowest BCUT2D eigenvalue weighted by atomic mass is 9.71. The van der Waals surface area contributed by atoms with E-state index in [1.165, 1.54) is 57.8 Å². The molecule has 2 heteroatoms.